The molecule has 39 heavy (non-hydrogen) atoms. The number of likely N-dealkylation sites (tertiary alicyclic amines) is 1. The van der Waals surface area contributed by atoms with Crippen molar-refractivity contribution in [1.29, 1.82) is 0 Å². The number of anilines is 1. The number of imidazole rings is 1. The Morgan fingerprint density at radius 1 is 0.974 bits per heavy atom. The Labute approximate surface area is 227 Å². The van der Waals surface area contributed by atoms with Gasteiger partial charge in [0.2, 0.25) is 5.95 Å². The number of hydrogen-bond donors (Lipinski definition) is 2. The van der Waals surface area contributed by atoms with Crippen molar-refractivity contribution in [3.8, 4) is 0 Å². The molecule has 1 saturated heterocycles. The van der Waals surface area contributed by atoms with E-state index in [1.165, 1.54) is 12.1 Å². The summed E-state index contributed by atoms with van der Waals surface area (Å²) in [5.41, 5.74) is 4.78. The van der Waals surface area contributed by atoms with E-state index in [9.17, 15) is 9.18 Å². The lowest BCUT2D eigenvalue weighted by molar-refractivity contribution is 0.0938. The molecule has 8 heteroatoms. The molecule has 3 aromatic carbocycles. The molecule has 7 nitrogen and oxygen atoms in total. The third kappa shape index (κ3) is 5.38. The van der Waals surface area contributed by atoms with Crippen molar-refractivity contribution in [3.05, 3.63) is 95.9 Å². The lowest BCUT2D eigenvalue weighted by Gasteiger charge is -2.32. The predicted octanol–water partition coefficient (Wildman–Crippen LogP) is 5.02. The van der Waals surface area contributed by atoms with E-state index in [4.69, 9.17) is 4.98 Å². The molecule has 0 bridgehead atoms. The van der Waals surface area contributed by atoms with Crippen LogP contribution in [0.4, 0.5) is 10.3 Å². The van der Waals surface area contributed by atoms with Crippen LogP contribution < -0.4 is 10.6 Å². The van der Waals surface area contributed by atoms with E-state index in [-0.39, 0.29) is 11.7 Å². The maximum atomic E-state index is 13.4. The zero-order chi connectivity index (χ0) is 26.8. The van der Waals surface area contributed by atoms with Crippen LogP contribution >= 0.6 is 0 Å². The summed E-state index contributed by atoms with van der Waals surface area (Å²) in [4.78, 5) is 20.1. The molecule has 0 spiro atoms. The first-order valence-corrected chi connectivity index (χ1v) is 13.6. The molecule has 1 aliphatic rings. The van der Waals surface area contributed by atoms with Gasteiger partial charge in [-0.3, -0.25) is 4.79 Å². The average Bonchev–Trinajstić information content (AvgIpc) is 3.48. The Hall–Kier alpha value is -4.17. The zero-order valence-electron chi connectivity index (χ0n) is 22.1. The normalized spacial score (nSPS) is 14.7. The third-order valence-corrected chi connectivity index (χ3v) is 7.73. The van der Waals surface area contributed by atoms with Crippen LogP contribution in [0.1, 0.15) is 28.9 Å². The van der Waals surface area contributed by atoms with Crippen molar-refractivity contribution < 1.29 is 9.18 Å². The number of nitrogens with zero attached hydrogens (tertiary/aromatic N) is 4. The van der Waals surface area contributed by atoms with Gasteiger partial charge in [-0.25, -0.2) is 9.37 Å². The molecule has 3 heterocycles. The molecular weight excluding hydrogens is 491 g/mol. The Morgan fingerprint density at radius 2 is 1.69 bits per heavy atom. The number of aromatic nitrogens is 3. The second kappa shape index (κ2) is 10.9. The maximum Gasteiger partial charge on any atom is 0.267 e. The number of fused-ring (bicyclic) bond motifs is 2. The molecule has 0 aliphatic carbocycles. The first kappa shape index (κ1) is 25.1. The number of benzene rings is 3. The summed E-state index contributed by atoms with van der Waals surface area (Å²) in [6, 6.07) is 25.1. The van der Waals surface area contributed by atoms with Gasteiger partial charge >= 0.3 is 0 Å². The third-order valence-electron chi connectivity index (χ3n) is 7.73. The van der Waals surface area contributed by atoms with E-state index < -0.39 is 0 Å². The van der Waals surface area contributed by atoms with E-state index in [1.807, 2.05) is 72.3 Å². The molecule has 2 aromatic heterocycles. The molecule has 1 amide bonds. The molecule has 6 rings (SSSR count). The number of carbonyl (C=O) groups excluding carboxylic acids is 1. The first-order valence-electron chi connectivity index (χ1n) is 13.6. The summed E-state index contributed by atoms with van der Waals surface area (Å²) in [6.45, 7) is 3.98. The number of para-hydroxylation sites is 3. The molecule has 0 atom stereocenters. The van der Waals surface area contributed by atoms with Gasteiger partial charge in [0.15, 0.2) is 0 Å². The van der Waals surface area contributed by atoms with Gasteiger partial charge in [-0.15, -0.1) is 0 Å². The number of amides is 1. The van der Waals surface area contributed by atoms with Crippen molar-refractivity contribution in [2.75, 3.05) is 31.5 Å². The molecule has 5 aromatic rings. The van der Waals surface area contributed by atoms with Crippen LogP contribution in [0.25, 0.3) is 21.9 Å². The molecule has 2 N–H and O–H groups in total. The van der Waals surface area contributed by atoms with Gasteiger partial charge in [-0.1, -0.05) is 42.5 Å². The number of hydrogen-bond acceptors (Lipinski definition) is 4. The summed E-state index contributed by atoms with van der Waals surface area (Å²) >= 11 is 0. The molecule has 1 fully saturated rings. The standard InChI is InChI=1S/C31H33FN6O/c1-36-27-8-4-2-6-23(27)20-29(36)30(39)33-16-19-37-17-14-25(15-18-37)34-31-35-26-7-3-5-9-28(26)38(31)21-22-10-12-24(32)13-11-22/h2-13,20,25H,14-19,21H2,1H3,(H,33,39)(H,34,35). The van der Waals surface area contributed by atoms with Crippen LogP contribution in [0, 0.1) is 5.82 Å². The maximum absolute atomic E-state index is 13.4. The topological polar surface area (TPSA) is 67.1 Å². The highest BCUT2D eigenvalue weighted by Crippen LogP contribution is 2.24. The molecular formula is C31H33FN6O. The number of piperidine rings is 1. The number of carbonyl (C=O) groups is 1. The van der Waals surface area contributed by atoms with Crippen molar-refractivity contribution in [1.82, 2.24) is 24.3 Å². The number of aryl methyl sites for hydroxylation is 1. The number of rotatable bonds is 8. The fraction of sp³-hybridized carbons (Fsp3) is 0.290. The van der Waals surface area contributed by atoms with Gasteiger partial charge in [0.05, 0.1) is 17.6 Å². The zero-order valence-corrected chi connectivity index (χ0v) is 22.1. The molecule has 0 unspecified atom stereocenters. The van der Waals surface area contributed by atoms with Crippen molar-refractivity contribution in [3.63, 3.8) is 0 Å². The summed E-state index contributed by atoms with van der Waals surface area (Å²) in [5, 5.41) is 7.85. The van der Waals surface area contributed by atoms with E-state index in [2.05, 4.69) is 26.2 Å². The van der Waals surface area contributed by atoms with Gasteiger partial charge in [0, 0.05) is 50.2 Å². The van der Waals surface area contributed by atoms with Crippen molar-refractivity contribution >= 4 is 33.8 Å². The Kier molecular flexibility index (Phi) is 7.02. The summed E-state index contributed by atoms with van der Waals surface area (Å²) in [7, 11) is 1.93. The molecule has 1 aliphatic heterocycles. The SMILES string of the molecule is Cn1c(C(=O)NCCN2CCC(Nc3nc4ccccc4n3Cc3ccc(F)cc3)CC2)cc2ccccc21. The Balaban J connectivity index is 1.04. The van der Waals surface area contributed by atoms with Gasteiger partial charge in [0.1, 0.15) is 11.5 Å². The number of nitrogens with one attached hydrogen (secondary N) is 2. The lowest BCUT2D eigenvalue weighted by atomic mass is 10.1. The highest BCUT2D eigenvalue weighted by atomic mass is 19.1. The second-order valence-electron chi connectivity index (χ2n) is 10.3. The summed E-state index contributed by atoms with van der Waals surface area (Å²) in [6.07, 6.45) is 1.99. The van der Waals surface area contributed by atoms with Crippen LogP contribution in [-0.4, -0.2) is 57.1 Å². The van der Waals surface area contributed by atoms with Gasteiger partial charge < -0.3 is 24.7 Å². The smallest absolute Gasteiger partial charge is 0.267 e. The second-order valence-corrected chi connectivity index (χ2v) is 10.3. The van der Waals surface area contributed by atoms with Crippen LogP contribution in [-0.2, 0) is 13.6 Å². The van der Waals surface area contributed by atoms with E-state index in [0.717, 1.165) is 65.9 Å². The summed E-state index contributed by atoms with van der Waals surface area (Å²) < 4.78 is 17.6. The van der Waals surface area contributed by atoms with E-state index >= 15 is 0 Å². The summed E-state index contributed by atoms with van der Waals surface area (Å²) in [5.74, 6) is 0.582. The highest BCUT2D eigenvalue weighted by Gasteiger charge is 2.22. The lowest BCUT2D eigenvalue weighted by Crippen LogP contribution is -2.43. The van der Waals surface area contributed by atoms with Crippen LogP contribution in [0.3, 0.4) is 0 Å². The number of halogens is 1. The largest absolute Gasteiger partial charge is 0.353 e. The van der Waals surface area contributed by atoms with Gasteiger partial charge in [-0.2, -0.15) is 0 Å². The Morgan fingerprint density at radius 3 is 2.46 bits per heavy atom. The minimum Gasteiger partial charge on any atom is -0.353 e. The fourth-order valence-electron chi connectivity index (χ4n) is 5.53. The van der Waals surface area contributed by atoms with Crippen molar-refractivity contribution in [2.24, 2.45) is 7.05 Å². The molecule has 0 radical (unpaired) electrons. The predicted molar refractivity (Wildman–Crippen MR) is 154 cm³/mol. The molecule has 200 valence electrons. The minimum absolute atomic E-state index is 0.0368. The van der Waals surface area contributed by atoms with E-state index in [1.54, 1.807) is 0 Å². The fourth-order valence-corrected chi connectivity index (χ4v) is 5.53. The average molecular weight is 525 g/mol. The van der Waals surface area contributed by atoms with Crippen LogP contribution in [0.5, 0.6) is 0 Å². The first-order chi connectivity index (χ1) is 19.0. The minimum atomic E-state index is -0.229. The van der Waals surface area contributed by atoms with Crippen LogP contribution in [0.2, 0.25) is 0 Å². The highest BCUT2D eigenvalue weighted by molar-refractivity contribution is 5.98. The van der Waals surface area contributed by atoms with Crippen molar-refractivity contribution in [2.45, 2.75) is 25.4 Å². The Bertz CT molecular complexity index is 1600. The molecule has 0 saturated carbocycles. The quantitative estimate of drug-likeness (QED) is 0.299. The van der Waals surface area contributed by atoms with Gasteiger partial charge in [0.25, 0.3) is 5.91 Å². The van der Waals surface area contributed by atoms with E-state index in [0.29, 0.717) is 24.8 Å². The van der Waals surface area contributed by atoms with Crippen LogP contribution in [0.15, 0.2) is 78.9 Å². The monoisotopic (exact) mass is 524 g/mol. The van der Waals surface area contributed by atoms with Gasteiger partial charge in [-0.05, 0) is 54.8 Å².